The first-order valence-electron chi connectivity index (χ1n) is 4.38. The smallest absolute Gasteiger partial charge is 0.224 e. The summed E-state index contributed by atoms with van der Waals surface area (Å²) in [6.45, 7) is 3.47. The second-order valence-corrected chi connectivity index (χ2v) is 3.01. The molecule has 0 saturated carbocycles. The minimum absolute atomic E-state index is 0.234. The molecule has 0 aliphatic rings. The Labute approximate surface area is 88.2 Å². The number of anilines is 1. The average Bonchev–Trinajstić information content (AvgIpc) is 2.19. The van der Waals surface area contributed by atoms with E-state index in [1.807, 2.05) is 11.8 Å². The van der Waals surface area contributed by atoms with Crippen LogP contribution in [0.15, 0.2) is 12.3 Å². The predicted octanol–water partition coefficient (Wildman–Crippen LogP) is 1.87. The van der Waals surface area contributed by atoms with Crippen molar-refractivity contribution in [2.45, 2.75) is 13.3 Å². The molecule has 1 heterocycles. The van der Waals surface area contributed by atoms with E-state index in [4.69, 9.17) is 16.9 Å². The van der Waals surface area contributed by atoms with Crippen LogP contribution in [0.4, 0.5) is 5.82 Å². The van der Waals surface area contributed by atoms with Gasteiger partial charge in [-0.2, -0.15) is 5.26 Å². The van der Waals surface area contributed by atoms with Gasteiger partial charge in [0, 0.05) is 19.3 Å². The number of halogens is 1. The molecular formula is C9H11ClN4. The van der Waals surface area contributed by atoms with E-state index in [1.54, 1.807) is 12.3 Å². The summed E-state index contributed by atoms with van der Waals surface area (Å²) < 4.78 is 0. The molecule has 0 fully saturated rings. The van der Waals surface area contributed by atoms with E-state index >= 15 is 0 Å². The van der Waals surface area contributed by atoms with Crippen molar-refractivity contribution in [3.63, 3.8) is 0 Å². The molecule has 0 N–H and O–H groups in total. The van der Waals surface area contributed by atoms with E-state index in [0.717, 1.165) is 12.4 Å². The van der Waals surface area contributed by atoms with Crippen LogP contribution in [0.2, 0.25) is 5.28 Å². The molecule has 0 aromatic carbocycles. The summed E-state index contributed by atoms with van der Waals surface area (Å²) in [6.07, 6.45) is 2.09. The van der Waals surface area contributed by atoms with Crippen LogP contribution in [0.5, 0.6) is 0 Å². The Bertz CT molecular complexity index is 334. The van der Waals surface area contributed by atoms with E-state index in [0.29, 0.717) is 13.0 Å². The third-order valence-electron chi connectivity index (χ3n) is 1.81. The fourth-order valence-electron chi connectivity index (χ4n) is 1.12. The van der Waals surface area contributed by atoms with Gasteiger partial charge in [0.2, 0.25) is 5.28 Å². The standard InChI is InChI=1S/C9H11ClN4/c1-2-14(7-3-5-11)8-4-6-12-9(10)13-8/h4,6H,2-3,7H2,1H3. The normalized spacial score (nSPS) is 9.50. The molecule has 0 bridgehead atoms. The number of nitrogens with zero attached hydrogens (tertiary/aromatic N) is 4. The average molecular weight is 211 g/mol. The maximum atomic E-state index is 8.48. The highest BCUT2D eigenvalue weighted by Gasteiger charge is 2.05. The molecule has 0 saturated heterocycles. The zero-order valence-corrected chi connectivity index (χ0v) is 8.70. The van der Waals surface area contributed by atoms with Crippen molar-refractivity contribution >= 4 is 17.4 Å². The molecule has 4 nitrogen and oxygen atoms in total. The lowest BCUT2D eigenvalue weighted by molar-refractivity contribution is 0.807. The van der Waals surface area contributed by atoms with E-state index in [2.05, 4.69) is 16.0 Å². The molecule has 14 heavy (non-hydrogen) atoms. The number of nitriles is 1. The zero-order valence-electron chi connectivity index (χ0n) is 7.94. The van der Waals surface area contributed by atoms with Crippen molar-refractivity contribution in [3.8, 4) is 6.07 Å². The van der Waals surface area contributed by atoms with Gasteiger partial charge in [-0.3, -0.25) is 0 Å². The van der Waals surface area contributed by atoms with Crippen molar-refractivity contribution in [2.24, 2.45) is 0 Å². The molecule has 1 aromatic rings. The minimum Gasteiger partial charge on any atom is -0.356 e. The highest BCUT2D eigenvalue weighted by Crippen LogP contribution is 2.11. The second kappa shape index (κ2) is 5.40. The van der Waals surface area contributed by atoms with Gasteiger partial charge in [-0.05, 0) is 24.6 Å². The van der Waals surface area contributed by atoms with Crippen LogP contribution in [0.3, 0.4) is 0 Å². The Morgan fingerprint density at radius 1 is 1.64 bits per heavy atom. The van der Waals surface area contributed by atoms with Crippen molar-refractivity contribution in [3.05, 3.63) is 17.5 Å². The van der Waals surface area contributed by atoms with E-state index in [-0.39, 0.29) is 5.28 Å². The lowest BCUT2D eigenvalue weighted by Crippen LogP contribution is -2.24. The molecule has 74 valence electrons. The molecule has 0 amide bonds. The van der Waals surface area contributed by atoms with Crippen molar-refractivity contribution in [1.29, 1.82) is 5.26 Å². The molecule has 0 aliphatic carbocycles. The van der Waals surface area contributed by atoms with Crippen LogP contribution >= 0.6 is 11.6 Å². The van der Waals surface area contributed by atoms with Crippen LogP contribution < -0.4 is 4.90 Å². The molecule has 0 unspecified atom stereocenters. The number of aromatic nitrogens is 2. The Kier molecular flexibility index (Phi) is 4.14. The number of hydrogen-bond acceptors (Lipinski definition) is 4. The largest absolute Gasteiger partial charge is 0.356 e. The third kappa shape index (κ3) is 2.86. The summed E-state index contributed by atoms with van der Waals surface area (Å²) in [5, 5.41) is 8.71. The fraction of sp³-hybridized carbons (Fsp3) is 0.444. The summed E-state index contributed by atoms with van der Waals surface area (Å²) >= 11 is 5.67. The highest BCUT2D eigenvalue weighted by molar-refractivity contribution is 6.28. The number of rotatable bonds is 4. The number of hydrogen-bond donors (Lipinski definition) is 0. The van der Waals surface area contributed by atoms with Crippen molar-refractivity contribution in [1.82, 2.24) is 9.97 Å². The molecule has 0 aliphatic heterocycles. The minimum atomic E-state index is 0.234. The predicted molar refractivity (Wildman–Crippen MR) is 55.2 cm³/mol. The maximum absolute atomic E-state index is 8.48. The molecule has 0 atom stereocenters. The molecule has 1 aromatic heterocycles. The summed E-state index contributed by atoms with van der Waals surface area (Å²) in [5.74, 6) is 0.766. The van der Waals surface area contributed by atoms with Gasteiger partial charge in [-0.1, -0.05) is 0 Å². The highest BCUT2D eigenvalue weighted by atomic mass is 35.5. The molecule has 0 radical (unpaired) electrons. The van der Waals surface area contributed by atoms with Crippen LogP contribution in [-0.2, 0) is 0 Å². The van der Waals surface area contributed by atoms with Crippen LogP contribution in [0, 0.1) is 11.3 Å². The Balaban J connectivity index is 2.74. The SMILES string of the molecule is CCN(CCC#N)c1ccnc(Cl)n1. The lowest BCUT2D eigenvalue weighted by Gasteiger charge is -2.19. The first-order valence-corrected chi connectivity index (χ1v) is 4.76. The van der Waals surface area contributed by atoms with Gasteiger partial charge in [-0.15, -0.1) is 0 Å². The summed E-state index contributed by atoms with van der Waals surface area (Å²) in [4.78, 5) is 9.85. The quantitative estimate of drug-likeness (QED) is 0.712. The molecule has 0 spiro atoms. The maximum Gasteiger partial charge on any atom is 0.224 e. The van der Waals surface area contributed by atoms with Crippen molar-refractivity contribution in [2.75, 3.05) is 18.0 Å². The van der Waals surface area contributed by atoms with Gasteiger partial charge in [0.15, 0.2) is 0 Å². The zero-order chi connectivity index (χ0) is 10.4. The van der Waals surface area contributed by atoms with Gasteiger partial charge < -0.3 is 4.90 Å². The van der Waals surface area contributed by atoms with E-state index in [9.17, 15) is 0 Å². The van der Waals surface area contributed by atoms with Gasteiger partial charge >= 0.3 is 0 Å². The van der Waals surface area contributed by atoms with Crippen LogP contribution in [-0.4, -0.2) is 23.1 Å². The van der Waals surface area contributed by atoms with Crippen LogP contribution in [0.1, 0.15) is 13.3 Å². The summed E-state index contributed by atoms with van der Waals surface area (Å²) in [5.41, 5.74) is 0. The van der Waals surface area contributed by atoms with Crippen molar-refractivity contribution < 1.29 is 0 Å². The molecule has 5 heteroatoms. The first-order chi connectivity index (χ1) is 6.77. The lowest BCUT2D eigenvalue weighted by atomic mass is 10.4. The summed E-state index contributed by atoms with van der Waals surface area (Å²) in [6, 6.07) is 3.88. The van der Waals surface area contributed by atoms with E-state index < -0.39 is 0 Å². The Hall–Kier alpha value is -1.34. The monoisotopic (exact) mass is 210 g/mol. The Morgan fingerprint density at radius 2 is 2.43 bits per heavy atom. The third-order valence-corrected chi connectivity index (χ3v) is 1.99. The van der Waals surface area contributed by atoms with Gasteiger partial charge in [-0.25, -0.2) is 9.97 Å². The van der Waals surface area contributed by atoms with E-state index in [1.165, 1.54) is 0 Å². The summed E-state index contributed by atoms with van der Waals surface area (Å²) in [7, 11) is 0. The molecular weight excluding hydrogens is 200 g/mol. The van der Waals surface area contributed by atoms with Gasteiger partial charge in [0.25, 0.3) is 0 Å². The molecule has 1 rings (SSSR count). The first kappa shape index (κ1) is 10.7. The second-order valence-electron chi connectivity index (χ2n) is 2.67. The van der Waals surface area contributed by atoms with Crippen LogP contribution in [0.25, 0.3) is 0 Å². The Morgan fingerprint density at radius 3 is 3.00 bits per heavy atom. The van der Waals surface area contributed by atoms with Gasteiger partial charge in [0.05, 0.1) is 12.5 Å². The van der Waals surface area contributed by atoms with Gasteiger partial charge in [0.1, 0.15) is 5.82 Å². The topological polar surface area (TPSA) is 52.8 Å². The fourth-order valence-corrected chi connectivity index (χ4v) is 1.26.